The lowest BCUT2D eigenvalue weighted by Crippen LogP contribution is -2.39. The molecule has 3 heteroatoms. The Morgan fingerprint density at radius 1 is 1.40 bits per heavy atom. The van der Waals surface area contributed by atoms with Crippen LogP contribution in [0.15, 0.2) is 0 Å². The third-order valence-electron chi connectivity index (χ3n) is 1.53. The molecule has 0 heterocycles. The van der Waals surface area contributed by atoms with E-state index >= 15 is 0 Å². The van der Waals surface area contributed by atoms with Crippen molar-refractivity contribution in [3.8, 4) is 0 Å². The molecule has 0 aromatic carbocycles. The Bertz CT molecular complexity index is 83.7. The maximum absolute atomic E-state index is 11.3. The van der Waals surface area contributed by atoms with Crippen LogP contribution in [0.25, 0.3) is 0 Å². The van der Waals surface area contributed by atoms with Gasteiger partial charge in [0.1, 0.15) is 0 Å². The molecule has 0 rings (SSSR count). The van der Waals surface area contributed by atoms with Crippen LogP contribution in [0.2, 0.25) is 0 Å². The van der Waals surface area contributed by atoms with Crippen molar-refractivity contribution in [3.63, 3.8) is 0 Å². The molecular formula is C7H18N2O. The molecule has 10 heavy (non-hydrogen) atoms. The van der Waals surface area contributed by atoms with Gasteiger partial charge in [-0.05, 0) is 13.0 Å². The van der Waals surface area contributed by atoms with Crippen molar-refractivity contribution in [2.24, 2.45) is 5.73 Å². The van der Waals surface area contributed by atoms with Crippen molar-refractivity contribution in [2.45, 2.75) is 19.8 Å². The summed E-state index contributed by atoms with van der Waals surface area (Å²) in [7, 11) is 1.71. The first-order chi connectivity index (χ1) is 4.62. The van der Waals surface area contributed by atoms with E-state index in [2.05, 4.69) is 0 Å². The zero-order valence-corrected chi connectivity index (χ0v) is 6.97. The Hall–Kier alpha value is -0.120. The van der Waals surface area contributed by atoms with Gasteiger partial charge in [-0.3, -0.25) is 0 Å². The second-order valence-corrected chi connectivity index (χ2v) is 2.89. The average Bonchev–Trinajstić information content (AvgIpc) is 1.84. The highest BCUT2D eigenvalue weighted by molar-refractivity contribution is 4.40. The number of hydrogen-bond acceptors (Lipinski definition) is 2. The van der Waals surface area contributed by atoms with Crippen LogP contribution in [0.1, 0.15) is 19.8 Å². The molecule has 0 spiro atoms. The summed E-state index contributed by atoms with van der Waals surface area (Å²) in [6.45, 7) is 4.01. The smallest absolute Gasteiger partial charge is 0.0794 e. The number of nitrogens with two attached hydrogens (primary N) is 1. The number of rotatable bonds is 5. The molecule has 0 aromatic rings. The predicted octanol–water partition coefficient (Wildman–Crippen LogP) is 0.690. The van der Waals surface area contributed by atoms with E-state index in [-0.39, 0.29) is 4.65 Å². The minimum Gasteiger partial charge on any atom is -0.633 e. The van der Waals surface area contributed by atoms with Gasteiger partial charge in [0.05, 0.1) is 20.1 Å². The van der Waals surface area contributed by atoms with Crippen molar-refractivity contribution in [1.82, 2.24) is 0 Å². The highest BCUT2D eigenvalue weighted by atomic mass is 16.5. The van der Waals surface area contributed by atoms with Gasteiger partial charge in [-0.25, -0.2) is 0 Å². The molecule has 0 aromatic heterocycles. The molecule has 0 aliphatic carbocycles. The molecular weight excluding hydrogens is 128 g/mol. The van der Waals surface area contributed by atoms with E-state index in [1.165, 1.54) is 0 Å². The lowest BCUT2D eigenvalue weighted by atomic mass is 10.3. The minimum atomic E-state index is -0.131. The first-order valence-corrected chi connectivity index (χ1v) is 3.88. The van der Waals surface area contributed by atoms with Crippen LogP contribution in [0.5, 0.6) is 0 Å². The van der Waals surface area contributed by atoms with Gasteiger partial charge in [0.15, 0.2) is 0 Å². The lowest BCUT2D eigenvalue weighted by molar-refractivity contribution is -0.860. The summed E-state index contributed by atoms with van der Waals surface area (Å²) in [5, 5.41) is 11.3. The summed E-state index contributed by atoms with van der Waals surface area (Å²) in [6, 6.07) is 0. The highest BCUT2D eigenvalue weighted by Gasteiger charge is 2.05. The summed E-state index contributed by atoms with van der Waals surface area (Å²) in [6.07, 6.45) is 1.78. The molecule has 0 amide bonds. The Balaban J connectivity index is 3.42. The van der Waals surface area contributed by atoms with Crippen LogP contribution in [-0.4, -0.2) is 31.3 Å². The number of quaternary nitrogens is 1. The predicted molar refractivity (Wildman–Crippen MR) is 43.2 cm³/mol. The summed E-state index contributed by atoms with van der Waals surface area (Å²) in [4.78, 5) is 0. The third kappa shape index (κ3) is 4.73. The fraction of sp³-hybridized carbons (Fsp3) is 1.00. The van der Waals surface area contributed by atoms with E-state index in [4.69, 9.17) is 5.73 Å². The van der Waals surface area contributed by atoms with Gasteiger partial charge in [0.25, 0.3) is 0 Å². The normalized spacial score (nSPS) is 16.8. The van der Waals surface area contributed by atoms with Gasteiger partial charge in [0, 0.05) is 6.42 Å². The van der Waals surface area contributed by atoms with E-state index in [0.29, 0.717) is 19.6 Å². The van der Waals surface area contributed by atoms with E-state index in [1.807, 2.05) is 6.92 Å². The first-order valence-electron chi connectivity index (χ1n) is 3.88. The second-order valence-electron chi connectivity index (χ2n) is 2.89. The van der Waals surface area contributed by atoms with E-state index in [0.717, 1.165) is 12.8 Å². The molecule has 2 N–H and O–H groups in total. The molecule has 0 aliphatic rings. The maximum atomic E-state index is 11.3. The Kier molecular flexibility index (Phi) is 4.60. The molecule has 0 saturated carbocycles. The highest BCUT2D eigenvalue weighted by Crippen LogP contribution is 2.01. The van der Waals surface area contributed by atoms with Crippen LogP contribution in [0, 0.1) is 5.21 Å². The van der Waals surface area contributed by atoms with Gasteiger partial charge in [-0.15, -0.1) is 0 Å². The minimum absolute atomic E-state index is 0.131. The monoisotopic (exact) mass is 146 g/mol. The zero-order valence-electron chi connectivity index (χ0n) is 6.97. The molecule has 62 valence electrons. The van der Waals surface area contributed by atoms with Crippen LogP contribution in [-0.2, 0) is 0 Å². The molecule has 3 nitrogen and oxygen atoms in total. The molecule has 0 radical (unpaired) electrons. The molecule has 0 saturated heterocycles. The topological polar surface area (TPSA) is 49.1 Å². The van der Waals surface area contributed by atoms with Gasteiger partial charge < -0.3 is 15.6 Å². The first kappa shape index (κ1) is 9.88. The van der Waals surface area contributed by atoms with Gasteiger partial charge in [-0.1, -0.05) is 6.92 Å². The maximum Gasteiger partial charge on any atom is 0.0794 e. The van der Waals surface area contributed by atoms with Crippen LogP contribution in [0.4, 0.5) is 0 Å². The molecule has 0 fully saturated rings. The van der Waals surface area contributed by atoms with Crippen molar-refractivity contribution < 1.29 is 4.65 Å². The fourth-order valence-electron chi connectivity index (χ4n) is 1.01. The van der Waals surface area contributed by atoms with Crippen molar-refractivity contribution in [3.05, 3.63) is 5.21 Å². The second kappa shape index (κ2) is 4.66. The van der Waals surface area contributed by atoms with Crippen LogP contribution in [0.3, 0.4) is 0 Å². The number of nitrogens with zero attached hydrogens (tertiary/aromatic N) is 1. The van der Waals surface area contributed by atoms with E-state index in [9.17, 15) is 5.21 Å². The number of hydroxylamine groups is 3. The van der Waals surface area contributed by atoms with Gasteiger partial charge in [0.2, 0.25) is 0 Å². The molecule has 0 aliphatic heterocycles. The Morgan fingerprint density at radius 3 is 2.40 bits per heavy atom. The van der Waals surface area contributed by atoms with Crippen LogP contribution < -0.4 is 5.73 Å². The SMILES string of the molecule is CCC[N+](C)([O-])CCCN. The summed E-state index contributed by atoms with van der Waals surface area (Å²) in [5.74, 6) is 0. The summed E-state index contributed by atoms with van der Waals surface area (Å²) >= 11 is 0. The third-order valence-corrected chi connectivity index (χ3v) is 1.53. The number of hydrogen-bond donors (Lipinski definition) is 1. The average molecular weight is 146 g/mol. The molecule has 0 bridgehead atoms. The Labute approximate surface area is 63.0 Å². The zero-order chi connectivity index (χ0) is 8.04. The Morgan fingerprint density at radius 2 is 2.00 bits per heavy atom. The standard InChI is InChI=1S/C7H18N2O/c1-3-6-9(2,10)7-4-5-8/h3-8H2,1-2H3. The fourth-order valence-corrected chi connectivity index (χ4v) is 1.01. The van der Waals surface area contributed by atoms with Gasteiger partial charge >= 0.3 is 0 Å². The summed E-state index contributed by atoms with van der Waals surface area (Å²) in [5.41, 5.74) is 5.28. The van der Waals surface area contributed by atoms with E-state index < -0.39 is 0 Å². The van der Waals surface area contributed by atoms with Crippen LogP contribution >= 0.6 is 0 Å². The quantitative estimate of drug-likeness (QED) is 0.458. The van der Waals surface area contributed by atoms with E-state index in [1.54, 1.807) is 7.05 Å². The molecule has 1 atom stereocenters. The van der Waals surface area contributed by atoms with Gasteiger partial charge in [-0.2, -0.15) is 0 Å². The largest absolute Gasteiger partial charge is 0.633 e. The molecule has 1 unspecified atom stereocenters. The van der Waals surface area contributed by atoms with Crippen molar-refractivity contribution in [2.75, 3.05) is 26.7 Å². The summed E-state index contributed by atoms with van der Waals surface area (Å²) < 4.78 is -0.131. The van der Waals surface area contributed by atoms with Crippen molar-refractivity contribution >= 4 is 0 Å². The van der Waals surface area contributed by atoms with Crippen molar-refractivity contribution in [1.29, 1.82) is 0 Å². The lowest BCUT2D eigenvalue weighted by Gasteiger charge is -2.38.